The zero-order valence-electron chi connectivity index (χ0n) is 7.34. The Labute approximate surface area is 90.6 Å². The van der Waals surface area contributed by atoms with E-state index >= 15 is 0 Å². The predicted molar refractivity (Wildman–Crippen MR) is 57.2 cm³/mol. The van der Waals surface area contributed by atoms with Gasteiger partial charge in [-0.3, -0.25) is 4.79 Å². The van der Waals surface area contributed by atoms with Gasteiger partial charge in [-0.2, -0.15) is 0 Å². The molecule has 0 aliphatic carbocycles. The minimum Gasteiger partial charge on any atom is -0.345 e. The van der Waals surface area contributed by atoms with Gasteiger partial charge in [-0.05, 0) is 28.1 Å². The van der Waals surface area contributed by atoms with Gasteiger partial charge < -0.3 is 4.90 Å². The SMILES string of the molecule is CN(C)C(=O)c1cccc(Br)c1Cl. The summed E-state index contributed by atoms with van der Waals surface area (Å²) in [5.41, 5.74) is 0.515. The smallest absolute Gasteiger partial charge is 0.254 e. The topological polar surface area (TPSA) is 20.3 Å². The van der Waals surface area contributed by atoms with Gasteiger partial charge in [-0.1, -0.05) is 17.7 Å². The van der Waals surface area contributed by atoms with Crippen molar-refractivity contribution < 1.29 is 4.79 Å². The van der Waals surface area contributed by atoms with Crippen LogP contribution < -0.4 is 0 Å². The molecule has 2 nitrogen and oxygen atoms in total. The molecule has 0 N–H and O–H groups in total. The fourth-order valence-corrected chi connectivity index (χ4v) is 1.48. The molecule has 4 heteroatoms. The Kier molecular flexibility index (Phi) is 3.33. The highest BCUT2D eigenvalue weighted by atomic mass is 79.9. The molecule has 0 saturated carbocycles. The van der Waals surface area contributed by atoms with Crippen LogP contribution in [-0.2, 0) is 0 Å². The summed E-state index contributed by atoms with van der Waals surface area (Å²) in [5.74, 6) is -0.0914. The zero-order chi connectivity index (χ0) is 10.0. The summed E-state index contributed by atoms with van der Waals surface area (Å²) < 4.78 is 0.738. The zero-order valence-corrected chi connectivity index (χ0v) is 9.69. The molecule has 0 aliphatic rings. The van der Waals surface area contributed by atoms with Crippen molar-refractivity contribution in [1.82, 2.24) is 4.90 Å². The van der Waals surface area contributed by atoms with Crippen LogP contribution >= 0.6 is 27.5 Å². The molecule has 1 aromatic carbocycles. The van der Waals surface area contributed by atoms with Crippen molar-refractivity contribution in [2.45, 2.75) is 0 Å². The van der Waals surface area contributed by atoms with E-state index in [0.29, 0.717) is 10.6 Å². The van der Waals surface area contributed by atoms with Crippen LogP contribution in [0.25, 0.3) is 0 Å². The number of benzene rings is 1. The monoisotopic (exact) mass is 261 g/mol. The number of nitrogens with zero attached hydrogens (tertiary/aromatic N) is 1. The summed E-state index contributed by atoms with van der Waals surface area (Å²) in [6.07, 6.45) is 0. The highest BCUT2D eigenvalue weighted by Gasteiger charge is 2.13. The average molecular weight is 263 g/mol. The lowest BCUT2D eigenvalue weighted by Crippen LogP contribution is -2.21. The molecule has 0 bridgehead atoms. The third-order valence-corrected chi connectivity index (χ3v) is 2.88. The summed E-state index contributed by atoms with van der Waals surface area (Å²) in [6, 6.07) is 5.29. The van der Waals surface area contributed by atoms with Crippen LogP contribution in [0.1, 0.15) is 10.4 Å². The molecule has 0 saturated heterocycles. The quantitative estimate of drug-likeness (QED) is 0.762. The lowest BCUT2D eigenvalue weighted by Gasteiger charge is -2.11. The van der Waals surface area contributed by atoms with E-state index in [2.05, 4.69) is 15.9 Å². The molecule has 0 radical (unpaired) electrons. The lowest BCUT2D eigenvalue weighted by molar-refractivity contribution is 0.0827. The highest BCUT2D eigenvalue weighted by molar-refractivity contribution is 9.10. The predicted octanol–water partition coefficient (Wildman–Crippen LogP) is 2.80. The molecule has 13 heavy (non-hydrogen) atoms. The molecule has 0 spiro atoms. The normalized spacial score (nSPS) is 9.85. The first-order valence-electron chi connectivity index (χ1n) is 3.69. The van der Waals surface area contributed by atoms with Crippen molar-refractivity contribution in [3.8, 4) is 0 Å². The molecular weight excluding hydrogens is 253 g/mol. The molecule has 70 valence electrons. The molecule has 0 aliphatic heterocycles. The Morgan fingerprint density at radius 1 is 1.46 bits per heavy atom. The van der Waals surface area contributed by atoms with Crippen molar-refractivity contribution in [3.05, 3.63) is 33.3 Å². The van der Waals surface area contributed by atoms with Crippen LogP contribution in [0.5, 0.6) is 0 Å². The Bertz CT molecular complexity index is 338. The van der Waals surface area contributed by atoms with E-state index in [-0.39, 0.29) is 5.91 Å². The van der Waals surface area contributed by atoms with E-state index in [1.807, 2.05) is 0 Å². The maximum atomic E-state index is 11.5. The molecule has 1 rings (SSSR count). The summed E-state index contributed by atoms with van der Waals surface area (Å²) >= 11 is 9.20. The fourth-order valence-electron chi connectivity index (χ4n) is 0.910. The maximum absolute atomic E-state index is 11.5. The van der Waals surface area contributed by atoms with E-state index < -0.39 is 0 Å². The minimum atomic E-state index is -0.0914. The molecule has 0 fully saturated rings. The van der Waals surface area contributed by atoms with Gasteiger partial charge in [-0.25, -0.2) is 0 Å². The Morgan fingerprint density at radius 3 is 2.62 bits per heavy atom. The Hall–Kier alpha value is -0.540. The molecule has 1 aromatic rings. The molecule has 0 aromatic heterocycles. The number of rotatable bonds is 1. The Morgan fingerprint density at radius 2 is 2.08 bits per heavy atom. The van der Waals surface area contributed by atoms with E-state index in [1.54, 1.807) is 32.3 Å². The number of amides is 1. The van der Waals surface area contributed by atoms with Crippen LogP contribution in [0, 0.1) is 0 Å². The van der Waals surface area contributed by atoms with Crippen molar-refractivity contribution in [2.24, 2.45) is 0 Å². The minimum absolute atomic E-state index is 0.0914. The van der Waals surface area contributed by atoms with Crippen LogP contribution in [0.4, 0.5) is 0 Å². The van der Waals surface area contributed by atoms with Crippen LogP contribution in [0.2, 0.25) is 5.02 Å². The molecule has 0 unspecified atom stereocenters. The van der Waals surface area contributed by atoms with Crippen molar-refractivity contribution in [1.29, 1.82) is 0 Å². The van der Waals surface area contributed by atoms with Crippen molar-refractivity contribution in [3.63, 3.8) is 0 Å². The van der Waals surface area contributed by atoms with Crippen LogP contribution in [0.15, 0.2) is 22.7 Å². The van der Waals surface area contributed by atoms with Crippen LogP contribution in [-0.4, -0.2) is 24.9 Å². The summed E-state index contributed by atoms with van der Waals surface area (Å²) in [5, 5.41) is 0.459. The third kappa shape index (κ3) is 2.23. The summed E-state index contributed by atoms with van der Waals surface area (Å²) in [4.78, 5) is 13.0. The van der Waals surface area contributed by atoms with Gasteiger partial charge in [0.2, 0.25) is 0 Å². The van der Waals surface area contributed by atoms with E-state index in [1.165, 1.54) is 4.90 Å². The molecule has 1 amide bonds. The van der Waals surface area contributed by atoms with Gasteiger partial charge in [0.1, 0.15) is 0 Å². The number of hydrogen-bond acceptors (Lipinski definition) is 1. The van der Waals surface area contributed by atoms with Crippen molar-refractivity contribution >= 4 is 33.4 Å². The maximum Gasteiger partial charge on any atom is 0.254 e. The second kappa shape index (κ2) is 4.11. The van der Waals surface area contributed by atoms with Crippen LogP contribution in [0.3, 0.4) is 0 Å². The second-order valence-electron chi connectivity index (χ2n) is 2.80. The van der Waals surface area contributed by atoms with Gasteiger partial charge in [0.05, 0.1) is 10.6 Å². The number of halogens is 2. The van der Waals surface area contributed by atoms with Crippen molar-refractivity contribution in [2.75, 3.05) is 14.1 Å². The standard InChI is InChI=1S/C9H9BrClNO/c1-12(2)9(13)6-4-3-5-7(10)8(6)11/h3-5H,1-2H3. The Balaban J connectivity index is 3.15. The van der Waals surface area contributed by atoms with Gasteiger partial charge in [0.15, 0.2) is 0 Å². The second-order valence-corrected chi connectivity index (χ2v) is 4.03. The highest BCUT2D eigenvalue weighted by Crippen LogP contribution is 2.26. The average Bonchev–Trinajstić information content (AvgIpc) is 2.08. The molecule has 0 heterocycles. The first-order chi connectivity index (χ1) is 6.04. The van der Waals surface area contributed by atoms with Gasteiger partial charge in [-0.15, -0.1) is 0 Å². The fraction of sp³-hybridized carbons (Fsp3) is 0.222. The number of carbonyl (C=O) groups excluding carboxylic acids is 1. The molecular formula is C9H9BrClNO. The van der Waals surface area contributed by atoms with E-state index in [9.17, 15) is 4.79 Å². The van der Waals surface area contributed by atoms with E-state index in [0.717, 1.165) is 4.47 Å². The molecule has 0 atom stereocenters. The van der Waals surface area contributed by atoms with E-state index in [4.69, 9.17) is 11.6 Å². The number of carbonyl (C=O) groups is 1. The van der Waals surface area contributed by atoms with Gasteiger partial charge in [0.25, 0.3) is 5.91 Å². The largest absolute Gasteiger partial charge is 0.345 e. The summed E-state index contributed by atoms with van der Waals surface area (Å²) in [6.45, 7) is 0. The first kappa shape index (κ1) is 10.5. The van der Waals surface area contributed by atoms with Gasteiger partial charge >= 0.3 is 0 Å². The third-order valence-electron chi connectivity index (χ3n) is 1.59. The van der Waals surface area contributed by atoms with Gasteiger partial charge in [0, 0.05) is 18.6 Å². The summed E-state index contributed by atoms with van der Waals surface area (Å²) in [7, 11) is 3.39. The first-order valence-corrected chi connectivity index (χ1v) is 4.87. The number of hydrogen-bond donors (Lipinski definition) is 0. The lowest BCUT2D eigenvalue weighted by atomic mass is 10.2.